The van der Waals surface area contributed by atoms with Crippen molar-refractivity contribution in [2.45, 2.75) is 46.0 Å². The van der Waals surface area contributed by atoms with E-state index in [2.05, 4.69) is 0 Å². The van der Waals surface area contributed by atoms with Crippen LogP contribution in [0.2, 0.25) is 0 Å². The molecule has 0 bridgehead atoms. The Kier molecular flexibility index (Phi) is 38.1. The largest absolute Gasteiger partial charge is 0.412 e. The number of hydrogen-bond acceptors (Lipinski definition) is 0. The molecular weight excluding hydrogens is 131 g/mol. The van der Waals surface area contributed by atoms with Gasteiger partial charge in [0, 0.05) is 0 Å². The smallest absolute Gasteiger partial charge is 0.0785 e. The van der Waals surface area contributed by atoms with Crippen LogP contribution < -0.4 is 0 Å². The van der Waals surface area contributed by atoms with Crippen LogP contribution in [0.5, 0.6) is 0 Å². The summed E-state index contributed by atoms with van der Waals surface area (Å²) in [4.78, 5) is 0. The van der Waals surface area contributed by atoms with Crippen molar-refractivity contribution in [2.75, 3.05) is 7.18 Å². The number of halogens is 1. The Morgan fingerprint density at radius 2 is 0.800 bits per heavy atom. The molecule has 2 heteroatoms. The summed E-state index contributed by atoms with van der Waals surface area (Å²) in [5, 5.41) is 0. The van der Waals surface area contributed by atoms with Gasteiger partial charge in [0.05, 0.1) is 7.18 Å². The second-order valence-corrected chi connectivity index (χ2v) is 1.77. The topological polar surface area (TPSA) is 31.5 Å². The van der Waals surface area contributed by atoms with E-state index in [0.29, 0.717) is 7.18 Å². The Morgan fingerprint density at radius 3 is 0.900 bits per heavy atom. The molecule has 1 aliphatic rings. The molecule has 0 unspecified atom stereocenters. The molecule has 2 N–H and O–H groups in total. The van der Waals surface area contributed by atoms with Crippen LogP contribution in [0.25, 0.3) is 0 Å². The van der Waals surface area contributed by atoms with E-state index in [-0.39, 0.29) is 5.48 Å². The summed E-state index contributed by atoms with van der Waals surface area (Å²) in [5.74, 6) is 0. The second kappa shape index (κ2) is 23.1. The standard InChI is InChI=1S/C5H10.C2H6.CH3F.H2O/c1-2-4-5-3-1;2*1-2;/h1-5H2;1-2H3;1H3;1H2. The van der Waals surface area contributed by atoms with Crippen molar-refractivity contribution in [1.82, 2.24) is 0 Å². The third-order valence-electron chi connectivity index (χ3n) is 1.25. The Balaban J connectivity index is -0.0000000875. The summed E-state index contributed by atoms with van der Waals surface area (Å²) in [6, 6.07) is 0. The Hall–Kier alpha value is -0.110. The zero-order valence-electron chi connectivity index (χ0n) is 7.41. The van der Waals surface area contributed by atoms with Gasteiger partial charge in [-0.15, -0.1) is 0 Å². The van der Waals surface area contributed by atoms with Crippen molar-refractivity contribution in [2.24, 2.45) is 0 Å². The molecule has 0 aromatic carbocycles. The van der Waals surface area contributed by atoms with Crippen LogP contribution in [-0.2, 0) is 0 Å². The first-order valence-electron chi connectivity index (χ1n) is 3.88. The zero-order valence-corrected chi connectivity index (χ0v) is 7.41. The molecule has 0 aromatic heterocycles. The number of rotatable bonds is 0. The molecule has 0 saturated heterocycles. The highest BCUT2D eigenvalue weighted by Crippen LogP contribution is 2.15. The zero-order chi connectivity index (χ0) is 7.54. The van der Waals surface area contributed by atoms with E-state index in [9.17, 15) is 4.39 Å². The van der Waals surface area contributed by atoms with E-state index in [4.69, 9.17) is 0 Å². The molecule has 0 aromatic rings. The van der Waals surface area contributed by atoms with Crippen molar-refractivity contribution < 1.29 is 9.87 Å². The molecule has 0 aliphatic heterocycles. The van der Waals surface area contributed by atoms with Gasteiger partial charge in [0.1, 0.15) is 0 Å². The molecule has 1 aliphatic carbocycles. The third kappa shape index (κ3) is 15.7. The lowest BCUT2D eigenvalue weighted by Crippen LogP contribution is -1.47. The third-order valence-corrected chi connectivity index (χ3v) is 1.25. The van der Waals surface area contributed by atoms with Crippen molar-refractivity contribution in [1.29, 1.82) is 0 Å². The molecule has 66 valence electrons. The van der Waals surface area contributed by atoms with Crippen molar-refractivity contribution in [3.8, 4) is 0 Å². The lowest BCUT2D eigenvalue weighted by Gasteiger charge is -1.67. The van der Waals surface area contributed by atoms with E-state index in [1.54, 1.807) is 0 Å². The van der Waals surface area contributed by atoms with Gasteiger partial charge in [-0.1, -0.05) is 46.0 Å². The maximum Gasteiger partial charge on any atom is 0.0785 e. The van der Waals surface area contributed by atoms with Gasteiger partial charge in [-0.05, 0) is 0 Å². The number of hydrogen-bond donors (Lipinski definition) is 0. The minimum Gasteiger partial charge on any atom is -0.412 e. The van der Waals surface area contributed by atoms with Gasteiger partial charge < -0.3 is 5.48 Å². The van der Waals surface area contributed by atoms with E-state index in [1.165, 1.54) is 32.1 Å². The predicted octanol–water partition coefficient (Wildman–Crippen LogP) is 2.74. The first-order valence-corrected chi connectivity index (χ1v) is 3.88. The van der Waals surface area contributed by atoms with Crippen LogP contribution >= 0.6 is 0 Å². The normalized spacial score (nSPS) is 13.2. The molecule has 0 amide bonds. The van der Waals surface area contributed by atoms with Crippen LogP contribution in [-0.4, -0.2) is 12.7 Å². The van der Waals surface area contributed by atoms with Crippen molar-refractivity contribution in [3.05, 3.63) is 0 Å². The van der Waals surface area contributed by atoms with Crippen LogP contribution in [0.1, 0.15) is 46.0 Å². The van der Waals surface area contributed by atoms with Gasteiger partial charge in [0.15, 0.2) is 0 Å². The van der Waals surface area contributed by atoms with Gasteiger partial charge in [0.2, 0.25) is 0 Å². The first kappa shape index (κ1) is 16.5. The SMILES string of the molecule is C1CCCC1.CC.CF.O. The summed E-state index contributed by atoms with van der Waals surface area (Å²) in [7, 11) is 0.500. The summed E-state index contributed by atoms with van der Waals surface area (Å²) >= 11 is 0. The molecule has 1 fully saturated rings. The van der Waals surface area contributed by atoms with Crippen LogP contribution in [0.3, 0.4) is 0 Å². The molecule has 1 nitrogen and oxygen atoms in total. The first-order chi connectivity index (χ1) is 4.50. The van der Waals surface area contributed by atoms with Crippen LogP contribution in [0.4, 0.5) is 4.39 Å². The fraction of sp³-hybridized carbons (Fsp3) is 1.00. The predicted molar refractivity (Wildman–Crippen MR) is 45.1 cm³/mol. The average molecular weight is 152 g/mol. The molecule has 1 saturated carbocycles. The fourth-order valence-electron chi connectivity index (χ4n) is 0.884. The molecule has 10 heavy (non-hydrogen) atoms. The molecule has 0 heterocycles. The maximum atomic E-state index is 9.50. The molecular formula is C8H21FO. The van der Waals surface area contributed by atoms with E-state index >= 15 is 0 Å². The fourth-order valence-corrected chi connectivity index (χ4v) is 0.884. The molecule has 1 rings (SSSR count). The van der Waals surface area contributed by atoms with Gasteiger partial charge in [-0.25, -0.2) is 0 Å². The van der Waals surface area contributed by atoms with E-state index in [1.807, 2.05) is 13.8 Å². The average Bonchev–Trinajstić information content (AvgIpc) is 2.51. The van der Waals surface area contributed by atoms with Gasteiger partial charge in [-0.2, -0.15) is 0 Å². The molecule has 0 atom stereocenters. The summed E-state index contributed by atoms with van der Waals surface area (Å²) < 4.78 is 9.50. The Morgan fingerprint density at radius 1 is 0.700 bits per heavy atom. The summed E-state index contributed by atoms with van der Waals surface area (Å²) in [5.41, 5.74) is 0. The Bertz CT molecular complexity index is 20.8. The second-order valence-electron chi connectivity index (χ2n) is 1.77. The minimum atomic E-state index is 0. The van der Waals surface area contributed by atoms with E-state index in [0.717, 1.165) is 0 Å². The summed E-state index contributed by atoms with van der Waals surface area (Å²) in [6.45, 7) is 4.00. The van der Waals surface area contributed by atoms with Gasteiger partial charge in [-0.3, -0.25) is 4.39 Å². The summed E-state index contributed by atoms with van der Waals surface area (Å²) in [6.07, 6.45) is 7.50. The van der Waals surface area contributed by atoms with E-state index < -0.39 is 0 Å². The number of alkyl halides is 1. The van der Waals surface area contributed by atoms with Gasteiger partial charge in [0.25, 0.3) is 0 Å². The van der Waals surface area contributed by atoms with Gasteiger partial charge >= 0.3 is 0 Å². The quantitative estimate of drug-likeness (QED) is 0.511. The van der Waals surface area contributed by atoms with Crippen molar-refractivity contribution >= 4 is 0 Å². The lowest BCUT2D eigenvalue weighted by atomic mass is 10.4. The highest BCUT2D eigenvalue weighted by molar-refractivity contribution is 4.51. The minimum absolute atomic E-state index is 0. The monoisotopic (exact) mass is 152 g/mol. The highest BCUT2D eigenvalue weighted by atomic mass is 19.1. The lowest BCUT2D eigenvalue weighted by molar-refractivity contribution is 0.636. The molecule has 0 radical (unpaired) electrons. The van der Waals surface area contributed by atoms with Crippen LogP contribution in [0, 0.1) is 0 Å². The Labute approximate surface area is 63.9 Å². The maximum absolute atomic E-state index is 9.50. The highest BCUT2D eigenvalue weighted by Gasteiger charge is 1.95. The van der Waals surface area contributed by atoms with Crippen LogP contribution in [0.15, 0.2) is 0 Å². The molecule has 0 spiro atoms. The van der Waals surface area contributed by atoms with Crippen molar-refractivity contribution in [3.63, 3.8) is 0 Å².